The van der Waals surface area contributed by atoms with Gasteiger partial charge in [0.05, 0.1) is 0 Å². The minimum Gasteiger partial charge on any atom is -0.188 e. The van der Waals surface area contributed by atoms with Crippen LogP contribution in [0.5, 0.6) is 0 Å². The van der Waals surface area contributed by atoms with E-state index in [4.69, 9.17) is 0 Å². The monoisotopic (exact) mass is 306 g/mol. The molecule has 18 heavy (non-hydrogen) atoms. The zero-order valence-corrected chi connectivity index (χ0v) is 10.9. The molecule has 0 heterocycles. The van der Waals surface area contributed by atoms with Gasteiger partial charge in [-0.25, -0.2) is 0 Å². The van der Waals surface area contributed by atoms with Crippen LogP contribution < -0.4 is 0 Å². The molecular weight excluding hydrogens is 298 g/mol. The normalized spacial score (nSPS) is 10.6. The van der Waals surface area contributed by atoms with Crippen LogP contribution in [0.15, 0.2) is 54.6 Å². The second kappa shape index (κ2) is 5.32. The first-order chi connectivity index (χ1) is 8.55. The fraction of sp³-hybridized carbons (Fsp3) is 0.0667. The van der Waals surface area contributed by atoms with E-state index in [0.717, 1.165) is 5.56 Å². The maximum absolute atomic E-state index is 12.9. The molecule has 2 rings (SSSR count). The Morgan fingerprint density at radius 1 is 0.778 bits per heavy atom. The average molecular weight is 307 g/mol. The smallest absolute Gasteiger partial charge is 0.188 e. The molecule has 2 aromatic rings. The molecule has 0 atom stereocenters. The Bertz CT molecular complexity index is 572. The van der Waals surface area contributed by atoms with Crippen LogP contribution in [0.25, 0.3) is 0 Å². The Morgan fingerprint density at radius 2 is 1.28 bits per heavy atom. The molecule has 0 nitrogen and oxygen atoms in total. The van der Waals surface area contributed by atoms with Crippen molar-refractivity contribution in [2.24, 2.45) is 0 Å². The number of benzene rings is 2. The number of hydrogen-bond donors (Lipinski definition) is 0. The minimum atomic E-state index is -2.99. The molecule has 0 aromatic heterocycles. The summed E-state index contributed by atoms with van der Waals surface area (Å²) in [7, 11) is 0. The van der Waals surface area contributed by atoms with Gasteiger partial charge in [0.15, 0.2) is 0 Å². The van der Waals surface area contributed by atoms with Crippen LogP contribution in [0.1, 0.15) is 16.7 Å². The molecule has 2 aromatic carbocycles. The van der Waals surface area contributed by atoms with Crippen molar-refractivity contribution in [3.05, 3.63) is 71.3 Å². The highest BCUT2D eigenvalue weighted by Crippen LogP contribution is 2.34. The van der Waals surface area contributed by atoms with Crippen molar-refractivity contribution in [3.63, 3.8) is 0 Å². The molecule has 0 N–H and O–H groups in total. The van der Waals surface area contributed by atoms with Crippen LogP contribution in [-0.2, 0) is 4.83 Å². The van der Waals surface area contributed by atoms with Gasteiger partial charge in [-0.1, -0.05) is 42.2 Å². The van der Waals surface area contributed by atoms with Gasteiger partial charge in [-0.05, 0) is 40.2 Å². The second-order valence-electron chi connectivity index (χ2n) is 3.69. The Hall–Kier alpha value is -1.66. The number of rotatable bonds is 1. The van der Waals surface area contributed by atoms with E-state index in [9.17, 15) is 8.78 Å². The summed E-state index contributed by atoms with van der Waals surface area (Å²) in [6.45, 7) is 0. The molecule has 90 valence electrons. The van der Waals surface area contributed by atoms with Gasteiger partial charge in [-0.15, -0.1) is 0 Å². The maximum atomic E-state index is 12.9. The second-order valence-corrected chi connectivity index (χ2v) is 4.69. The standard InChI is InChI=1S/C15H9BrF2/c16-15(17,18)14-10-8-13(9-11-14)7-6-12-4-2-1-3-5-12/h1-5,8-11H. The third-order valence-corrected chi connectivity index (χ3v) is 2.80. The van der Waals surface area contributed by atoms with Gasteiger partial charge in [0.2, 0.25) is 0 Å². The number of hydrogen-bond acceptors (Lipinski definition) is 0. The predicted octanol–water partition coefficient (Wildman–Crippen LogP) is 4.53. The highest BCUT2D eigenvalue weighted by atomic mass is 79.9. The Balaban J connectivity index is 2.20. The van der Waals surface area contributed by atoms with Crippen molar-refractivity contribution in [2.75, 3.05) is 0 Å². The largest absolute Gasteiger partial charge is 0.326 e. The van der Waals surface area contributed by atoms with E-state index in [-0.39, 0.29) is 5.56 Å². The fourth-order valence-electron chi connectivity index (χ4n) is 1.41. The van der Waals surface area contributed by atoms with E-state index < -0.39 is 4.83 Å². The fourth-order valence-corrected chi connectivity index (χ4v) is 1.67. The molecule has 0 spiro atoms. The van der Waals surface area contributed by atoms with E-state index in [1.165, 1.54) is 12.1 Å². The SMILES string of the molecule is FC(F)(Br)c1ccc(C#Cc2ccccc2)cc1. The zero-order valence-electron chi connectivity index (χ0n) is 9.33. The highest BCUT2D eigenvalue weighted by Gasteiger charge is 2.26. The van der Waals surface area contributed by atoms with Crippen molar-refractivity contribution < 1.29 is 8.78 Å². The van der Waals surface area contributed by atoms with Crippen LogP contribution in [0.2, 0.25) is 0 Å². The van der Waals surface area contributed by atoms with Crippen molar-refractivity contribution in [1.29, 1.82) is 0 Å². The first-order valence-corrected chi connectivity index (χ1v) is 6.09. The Kier molecular flexibility index (Phi) is 3.78. The lowest BCUT2D eigenvalue weighted by Gasteiger charge is -2.07. The number of halogens is 3. The highest BCUT2D eigenvalue weighted by molar-refractivity contribution is 9.09. The summed E-state index contributed by atoms with van der Waals surface area (Å²) in [4.78, 5) is -2.99. The summed E-state index contributed by atoms with van der Waals surface area (Å²) in [5.74, 6) is 5.90. The quantitative estimate of drug-likeness (QED) is 0.536. The summed E-state index contributed by atoms with van der Waals surface area (Å²) >= 11 is 2.32. The van der Waals surface area contributed by atoms with Crippen LogP contribution in [0.3, 0.4) is 0 Å². The van der Waals surface area contributed by atoms with Gasteiger partial charge in [0, 0.05) is 16.7 Å². The molecule has 0 radical (unpaired) electrons. The molecule has 0 amide bonds. The van der Waals surface area contributed by atoms with Gasteiger partial charge in [0.25, 0.3) is 0 Å². The van der Waals surface area contributed by atoms with E-state index in [1.807, 2.05) is 30.3 Å². The van der Waals surface area contributed by atoms with E-state index in [2.05, 4.69) is 27.8 Å². The van der Waals surface area contributed by atoms with Crippen molar-refractivity contribution >= 4 is 15.9 Å². The topological polar surface area (TPSA) is 0 Å². The van der Waals surface area contributed by atoms with E-state index >= 15 is 0 Å². The van der Waals surface area contributed by atoms with Crippen molar-refractivity contribution in [2.45, 2.75) is 4.83 Å². The molecule has 0 saturated heterocycles. The average Bonchev–Trinajstić information content (AvgIpc) is 2.37. The first-order valence-electron chi connectivity index (χ1n) is 5.30. The van der Waals surface area contributed by atoms with Gasteiger partial charge in [-0.2, -0.15) is 8.78 Å². The Labute approximate surface area is 113 Å². The lowest BCUT2D eigenvalue weighted by atomic mass is 10.1. The maximum Gasteiger partial charge on any atom is 0.326 e. The van der Waals surface area contributed by atoms with Gasteiger partial charge < -0.3 is 0 Å². The van der Waals surface area contributed by atoms with Crippen molar-refractivity contribution in [3.8, 4) is 11.8 Å². The lowest BCUT2D eigenvalue weighted by molar-refractivity contribution is 0.114. The molecule has 0 aliphatic heterocycles. The lowest BCUT2D eigenvalue weighted by Crippen LogP contribution is -2.01. The van der Waals surface area contributed by atoms with Crippen LogP contribution >= 0.6 is 15.9 Å². The minimum absolute atomic E-state index is 0.0761. The van der Waals surface area contributed by atoms with Gasteiger partial charge >= 0.3 is 4.83 Å². The van der Waals surface area contributed by atoms with E-state index in [1.54, 1.807) is 12.1 Å². The van der Waals surface area contributed by atoms with Crippen LogP contribution in [0, 0.1) is 11.8 Å². The van der Waals surface area contributed by atoms with Crippen molar-refractivity contribution in [1.82, 2.24) is 0 Å². The molecule has 0 unspecified atom stereocenters. The summed E-state index contributed by atoms with van der Waals surface area (Å²) in [5, 5.41) is 0. The van der Waals surface area contributed by atoms with Gasteiger partial charge in [0.1, 0.15) is 0 Å². The molecule has 0 aliphatic carbocycles. The predicted molar refractivity (Wildman–Crippen MR) is 71.7 cm³/mol. The summed E-state index contributed by atoms with van der Waals surface area (Å²) in [5.41, 5.74) is 1.53. The molecular formula is C15H9BrF2. The summed E-state index contributed by atoms with van der Waals surface area (Å²) in [6, 6.07) is 15.4. The molecule has 3 heteroatoms. The van der Waals surface area contributed by atoms with E-state index in [0.29, 0.717) is 5.56 Å². The molecule has 0 fully saturated rings. The van der Waals surface area contributed by atoms with Crippen LogP contribution in [0.4, 0.5) is 8.78 Å². The molecule has 0 aliphatic rings. The Morgan fingerprint density at radius 3 is 1.78 bits per heavy atom. The first kappa shape index (κ1) is 12.8. The van der Waals surface area contributed by atoms with Gasteiger partial charge in [-0.3, -0.25) is 0 Å². The summed E-state index contributed by atoms with van der Waals surface area (Å²) in [6.07, 6.45) is 0. The molecule has 0 saturated carbocycles. The van der Waals surface area contributed by atoms with Crippen LogP contribution in [-0.4, -0.2) is 0 Å². The third-order valence-electron chi connectivity index (χ3n) is 2.34. The number of alkyl halides is 3. The summed E-state index contributed by atoms with van der Waals surface area (Å²) < 4.78 is 25.8. The third kappa shape index (κ3) is 3.41. The molecule has 0 bridgehead atoms. The zero-order chi connectivity index (χ0) is 13.0.